The molecule has 2 rings (SSSR count). The summed E-state index contributed by atoms with van der Waals surface area (Å²) < 4.78 is 5.91. The summed E-state index contributed by atoms with van der Waals surface area (Å²) in [5.41, 5.74) is 13.7. The maximum absolute atomic E-state index is 5.91. The number of rotatable bonds is 0. The van der Waals surface area contributed by atoms with Crippen LogP contribution in [0.15, 0.2) is 12.1 Å². The number of nitrogen functional groups attached to an aromatic ring is 2. The van der Waals surface area contributed by atoms with E-state index >= 15 is 0 Å². The lowest BCUT2D eigenvalue weighted by Crippen LogP contribution is -2.41. The smallest absolute Gasteiger partial charge is 0.126 e. The molecular weight excluding hydrogens is 1370 g/mol. The molecule has 0 aromatic heterocycles. The summed E-state index contributed by atoms with van der Waals surface area (Å²) >= 11 is 9.60. The van der Waals surface area contributed by atoms with Crippen molar-refractivity contribution in [1.82, 2.24) is 0 Å². The summed E-state index contributed by atoms with van der Waals surface area (Å²) in [4.78, 5) is 0. The van der Waals surface area contributed by atoms with Crippen LogP contribution in [-0.2, 0) is 339 Å². The van der Waals surface area contributed by atoms with Crippen LogP contribution >= 0.6 is 0 Å². The number of hydrogen-bond acceptors (Lipinski definition) is 5. The lowest BCUT2D eigenvalue weighted by molar-refractivity contribution is 0.0713. The molecule has 0 bridgehead atoms. The van der Waals surface area contributed by atoms with Crippen molar-refractivity contribution in [3.8, 4) is 5.75 Å². The van der Waals surface area contributed by atoms with Crippen LogP contribution in [0.5, 0.6) is 5.75 Å². The number of benzene rings is 1. The summed E-state index contributed by atoms with van der Waals surface area (Å²) in [6, 6.07) is 3.75. The first-order valence-electron chi connectivity index (χ1n) is 11.1. The Morgan fingerprint density at radius 3 is 0.827 bits per heavy atom. The van der Waals surface area contributed by atoms with Gasteiger partial charge in [-0.05, 0) is 19.9 Å². The number of nitrogens with two attached hydrogens (primary N) is 2. The Morgan fingerprint density at radius 2 is 0.596 bits per heavy atom. The summed E-state index contributed by atoms with van der Waals surface area (Å²) in [5, 5.41) is 0. The Morgan fingerprint density at radius 1 is 0.385 bits per heavy atom. The van der Waals surface area contributed by atoms with E-state index < -0.39 is 0 Å². The molecule has 0 atom stereocenters. The average Bonchev–Trinajstić information content (AvgIpc) is 3.29. The number of ether oxygens (including phenoxy) is 1. The summed E-state index contributed by atoms with van der Waals surface area (Å²) in [7, 11) is 61.9. The molecule has 4 N–H and O–H groups in total. The first-order chi connectivity index (χ1) is 25.2. The molecule has 40 heteroatoms. The summed E-state index contributed by atoms with van der Waals surface area (Å²) in [6.07, 6.45) is 0. The molecule has 3 nitrogen and oxygen atoms in total. The number of hydrogen-bond donors (Lipinski definition) is 2. The molecule has 304 valence electrons. The van der Waals surface area contributed by atoms with Gasteiger partial charge in [-0.15, -0.1) is 0 Å². The van der Waals surface area contributed by atoms with Gasteiger partial charge >= 0.3 is 0 Å². The van der Waals surface area contributed by atoms with Gasteiger partial charge in [-0.2, -0.15) is 0 Å². The molecule has 0 unspecified atom stereocenters. The summed E-state index contributed by atoms with van der Waals surface area (Å²) in [5.74, 6) is 0.858. The van der Waals surface area contributed by atoms with E-state index in [0.29, 0.717) is 11.4 Å². The molecular formula is C12H18N2OS37. The van der Waals surface area contributed by atoms with Crippen molar-refractivity contribution in [2.45, 2.75) is 38.7 Å². The van der Waals surface area contributed by atoms with Gasteiger partial charge in [0.2, 0.25) is 0 Å². The quantitative estimate of drug-likeness (QED) is 0.391. The molecule has 52 heavy (non-hydrogen) atoms. The standard InChI is InChI=1S/C12H18N2O.S37/c1-11(2)7-5-8(13)9(14)6-10(7)15-12(11,3)4;1-3-5-7-9-11-13-15-17-19-21-23-25-27-29-31-33-35-37-36-34-32-30-28-26-24-22-20-18-16-14-12-10-8-6-4-2/h5-6H,13-14H2,1-4H3;. The highest BCUT2D eigenvalue weighted by molar-refractivity contribution is 8.80. The molecule has 0 saturated carbocycles. The zero-order valence-electron chi connectivity index (χ0n) is 24.8. The van der Waals surface area contributed by atoms with Gasteiger partial charge in [0.1, 0.15) is 11.4 Å². The van der Waals surface area contributed by atoms with Crippen LogP contribution in [0, 0.1) is 0 Å². The molecule has 1 heterocycles. The number of anilines is 2. The predicted octanol–water partition coefficient (Wildman–Crippen LogP) is 2.21. The maximum Gasteiger partial charge on any atom is 0.126 e. The van der Waals surface area contributed by atoms with Crippen LogP contribution in [-0.4, -0.2) is 5.60 Å². The van der Waals surface area contributed by atoms with Gasteiger partial charge in [0.25, 0.3) is 0 Å². The molecule has 0 saturated heterocycles. The van der Waals surface area contributed by atoms with Gasteiger partial charge in [0.05, 0.1) is 11.4 Å². The molecule has 1 aliphatic rings. The van der Waals surface area contributed by atoms with E-state index in [1.54, 1.807) is 107 Å². The second kappa shape index (κ2) is 39.4. The van der Waals surface area contributed by atoms with Gasteiger partial charge in [0.15, 0.2) is 0 Å². The highest BCUT2D eigenvalue weighted by atomic mass is 33.5. The third-order valence-corrected chi connectivity index (χ3v) is 80.2. The third kappa shape index (κ3) is 30.0. The van der Waals surface area contributed by atoms with Crippen LogP contribution in [0.25, 0.3) is 0 Å². The third-order valence-electron chi connectivity index (χ3n) is 4.67. The molecule has 0 fully saturated rings. The largest absolute Gasteiger partial charge is 0.487 e. The van der Waals surface area contributed by atoms with Crippen molar-refractivity contribution in [2.24, 2.45) is 0 Å². The lowest BCUT2D eigenvalue weighted by atomic mass is 9.74. The van der Waals surface area contributed by atoms with Gasteiger partial charge in [-0.3, -0.25) is 0 Å². The van der Waals surface area contributed by atoms with E-state index in [0.717, 1.165) is 11.3 Å². The van der Waals surface area contributed by atoms with Crippen LogP contribution < -0.4 is 16.2 Å². The average molecular weight is 1390 g/mol. The van der Waals surface area contributed by atoms with E-state index in [-0.39, 0.29) is 11.0 Å². The first kappa shape index (κ1) is 56.8. The van der Waals surface area contributed by atoms with Crippen molar-refractivity contribution in [2.75, 3.05) is 11.5 Å². The second-order valence-corrected chi connectivity index (χ2v) is 69.5. The predicted molar refractivity (Wildman–Crippen MR) is 336 cm³/mol. The highest BCUT2D eigenvalue weighted by Gasteiger charge is 2.48. The number of fused-ring (bicyclic) bond motifs is 1. The first-order valence-corrected chi connectivity index (χ1v) is 59.1. The normalized spacial score (nSPS) is 11.5. The Bertz CT molecular complexity index is 2940. The minimum atomic E-state index is -0.227. The molecule has 0 aliphatic carbocycles. The molecule has 1 aromatic carbocycles. The molecule has 0 spiro atoms. The summed E-state index contributed by atoms with van der Waals surface area (Å²) in [6.45, 7) is 8.49. The minimum Gasteiger partial charge on any atom is -0.487 e. The molecule has 1 aliphatic heterocycles. The monoisotopic (exact) mass is 1390 g/mol. The molecule has 0 radical (unpaired) electrons. The SMILES string of the molecule is CC1(C)Oc2cc(N)c(N)cc2C1(C)C.S=S=S=S=S=S=S=S=S=S=S=S=S=S=S=S=S=S=S=S=S=S=S=S=S=S=S=S=S=S=S=S=S=S=S=S=S. The van der Waals surface area contributed by atoms with E-state index in [1.807, 2.05) is 199 Å². The van der Waals surface area contributed by atoms with Crippen molar-refractivity contribution >= 4 is 345 Å². The van der Waals surface area contributed by atoms with Crippen LogP contribution in [0.1, 0.15) is 33.3 Å². The zero-order chi connectivity index (χ0) is 38.2. The molecule has 1 aromatic rings. The second-order valence-electron chi connectivity index (χ2n) is 7.60. The Hall–Kier alpha value is 6.76. The van der Waals surface area contributed by atoms with Crippen molar-refractivity contribution in [1.29, 1.82) is 0 Å². The fourth-order valence-electron chi connectivity index (χ4n) is 2.29. The van der Waals surface area contributed by atoms with E-state index in [2.05, 4.69) is 27.7 Å². The van der Waals surface area contributed by atoms with Crippen molar-refractivity contribution in [3.63, 3.8) is 0 Å². The van der Waals surface area contributed by atoms with Gasteiger partial charge in [-0.1, -0.05) is 13.8 Å². The lowest BCUT2D eigenvalue weighted by Gasteiger charge is -2.33. The van der Waals surface area contributed by atoms with E-state index in [4.69, 9.17) is 38.6 Å². The van der Waals surface area contributed by atoms with E-state index in [9.17, 15) is 0 Å². The van der Waals surface area contributed by atoms with Crippen molar-refractivity contribution in [3.05, 3.63) is 17.7 Å². The maximum atomic E-state index is 5.91. The fraction of sp³-hybridized carbons (Fsp3) is 0.500. The Labute approximate surface area is 412 Å². The van der Waals surface area contributed by atoms with Crippen LogP contribution in [0.4, 0.5) is 11.4 Å². The Kier molecular flexibility index (Phi) is 43.0. The zero-order valence-corrected chi connectivity index (χ0v) is 55.0. The van der Waals surface area contributed by atoms with Gasteiger partial charge < -0.3 is 16.2 Å². The Balaban J connectivity index is 0.000000736. The van der Waals surface area contributed by atoms with Gasteiger partial charge in [0, 0.05) is 350 Å². The molecule has 0 amide bonds. The fourth-order valence-corrected chi connectivity index (χ4v) is 92.8. The topological polar surface area (TPSA) is 61.3 Å². The van der Waals surface area contributed by atoms with Crippen LogP contribution in [0.2, 0.25) is 0 Å². The van der Waals surface area contributed by atoms with Gasteiger partial charge in [-0.25, -0.2) is 0 Å². The minimum absolute atomic E-state index is 0.0514. The van der Waals surface area contributed by atoms with Crippen molar-refractivity contribution < 1.29 is 4.74 Å². The van der Waals surface area contributed by atoms with E-state index in [1.165, 1.54) is 17.8 Å². The van der Waals surface area contributed by atoms with Crippen LogP contribution in [0.3, 0.4) is 0 Å². The highest BCUT2D eigenvalue weighted by Crippen LogP contribution is 2.50.